The highest BCUT2D eigenvalue weighted by Gasteiger charge is 2.49. The quantitative estimate of drug-likeness (QED) is 0.635. The lowest BCUT2D eigenvalue weighted by atomic mass is 9.98. The van der Waals surface area contributed by atoms with Crippen molar-refractivity contribution in [3.05, 3.63) is 70.6 Å². The number of rotatable bonds is 1. The van der Waals surface area contributed by atoms with Crippen LogP contribution in [-0.4, -0.2) is 22.5 Å². The largest absolute Gasteiger partial charge is 0.311 e. The van der Waals surface area contributed by atoms with Crippen LogP contribution in [0.15, 0.2) is 59.5 Å². The number of carbonyl (C=O) groups is 1. The molecule has 0 N–H and O–H groups in total. The molecule has 1 unspecified atom stereocenters. The summed E-state index contributed by atoms with van der Waals surface area (Å²) in [6, 6.07) is 13.8. The zero-order valence-corrected chi connectivity index (χ0v) is 13.9. The molecule has 2 heterocycles. The van der Waals surface area contributed by atoms with E-state index in [2.05, 4.69) is 16.8 Å². The van der Waals surface area contributed by atoms with Gasteiger partial charge in [0.1, 0.15) is 0 Å². The second kappa shape index (κ2) is 5.81. The Bertz CT molecular complexity index is 1160. The summed E-state index contributed by atoms with van der Waals surface area (Å²) in [6.07, 6.45) is 1.21. The molecule has 5 nitrogen and oxygen atoms in total. The summed E-state index contributed by atoms with van der Waals surface area (Å²) in [5, 5.41) is 0. The minimum atomic E-state index is -2.40. The summed E-state index contributed by atoms with van der Waals surface area (Å²) in [5.74, 6) is 4.39. The summed E-state index contributed by atoms with van der Waals surface area (Å²) < 4.78 is 16.8. The Morgan fingerprint density at radius 1 is 1.12 bits per heavy atom. The van der Waals surface area contributed by atoms with Gasteiger partial charge in [-0.2, -0.15) is 0 Å². The number of amides is 1. The van der Waals surface area contributed by atoms with Crippen LogP contribution in [-0.2, 0) is 17.0 Å². The van der Waals surface area contributed by atoms with Crippen molar-refractivity contribution in [3.8, 4) is 11.8 Å². The minimum absolute atomic E-state index is 0.0350. The normalized spacial score (nSPS) is 18.5. The van der Waals surface area contributed by atoms with Crippen LogP contribution in [0.2, 0.25) is 0 Å². The second-order valence-electron chi connectivity index (χ2n) is 6.01. The van der Waals surface area contributed by atoms with E-state index in [1.807, 2.05) is 6.07 Å². The standard InChI is InChI=1S/C20H14FN3O2/c1-23-16-9-4-2-7-14(16)20(21,19(23)26)11-6-12-24-17-10-5-3-8-15(17)22-13-18(24)25/h2-5,7-10,13H,12H2,1H3. The summed E-state index contributed by atoms with van der Waals surface area (Å²) in [5.41, 5.74) is -0.755. The van der Waals surface area contributed by atoms with Gasteiger partial charge in [-0.15, -0.1) is 0 Å². The number of para-hydroxylation sites is 3. The van der Waals surface area contributed by atoms with Crippen molar-refractivity contribution in [1.82, 2.24) is 9.55 Å². The molecule has 2 aromatic carbocycles. The summed E-state index contributed by atoms with van der Waals surface area (Å²) in [6.45, 7) is -0.0350. The molecule has 0 aliphatic carbocycles. The van der Waals surface area contributed by atoms with Gasteiger partial charge in [0, 0.05) is 12.6 Å². The SMILES string of the molecule is CN1C(=O)C(F)(C#CCn2c(=O)cnc3ccccc32)c2ccccc21. The first-order chi connectivity index (χ1) is 12.5. The third kappa shape index (κ3) is 2.29. The molecule has 0 fully saturated rings. The van der Waals surface area contributed by atoms with Crippen LogP contribution >= 0.6 is 0 Å². The molecular formula is C20H14FN3O2. The van der Waals surface area contributed by atoms with E-state index < -0.39 is 11.6 Å². The molecule has 4 rings (SSSR count). The third-order valence-electron chi connectivity index (χ3n) is 4.49. The van der Waals surface area contributed by atoms with Crippen molar-refractivity contribution in [2.45, 2.75) is 12.2 Å². The molecule has 0 spiro atoms. The Hall–Kier alpha value is -3.46. The van der Waals surface area contributed by atoms with Crippen LogP contribution in [0.5, 0.6) is 0 Å². The molecule has 6 heteroatoms. The number of alkyl halides is 1. The molecule has 3 aromatic rings. The molecule has 1 aliphatic heterocycles. The highest BCUT2D eigenvalue weighted by atomic mass is 19.1. The van der Waals surface area contributed by atoms with Crippen molar-refractivity contribution in [1.29, 1.82) is 0 Å². The molecule has 26 heavy (non-hydrogen) atoms. The molecule has 1 amide bonds. The van der Waals surface area contributed by atoms with E-state index in [4.69, 9.17) is 0 Å². The number of anilines is 1. The van der Waals surface area contributed by atoms with Crippen LogP contribution in [0.3, 0.4) is 0 Å². The Morgan fingerprint density at radius 2 is 1.85 bits per heavy atom. The molecular weight excluding hydrogens is 333 g/mol. The topological polar surface area (TPSA) is 55.2 Å². The minimum Gasteiger partial charge on any atom is -0.311 e. The van der Waals surface area contributed by atoms with E-state index in [1.165, 1.54) is 22.7 Å². The molecule has 0 radical (unpaired) electrons. The number of aromatic nitrogens is 2. The molecule has 0 bridgehead atoms. The van der Waals surface area contributed by atoms with E-state index in [-0.39, 0.29) is 17.7 Å². The van der Waals surface area contributed by atoms with E-state index in [0.717, 1.165) is 0 Å². The van der Waals surface area contributed by atoms with Crippen LogP contribution in [0.4, 0.5) is 10.1 Å². The number of fused-ring (bicyclic) bond motifs is 2. The van der Waals surface area contributed by atoms with Gasteiger partial charge in [-0.3, -0.25) is 14.2 Å². The average Bonchev–Trinajstić information content (AvgIpc) is 2.86. The van der Waals surface area contributed by atoms with E-state index >= 15 is 4.39 Å². The smallest absolute Gasteiger partial charge is 0.281 e. The average molecular weight is 347 g/mol. The van der Waals surface area contributed by atoms with Gasteiger partial charge in [-0.25, -0.2) is 9.37 Å². The van der Waals surface area contributed by atoms with Gasteiger partial charge in [0.05, 0.1) is 29.5 Å². The Kier molecular flexibility index (Phi) is 3.58. The summed E-state index contributed by atoms with van der Waals surface area (Å²) >= 11 is 0. The molecule has 0 saturated heterocycles. The number of halogens is 1. The zero-order chi connectivity index (χ0) is 18.3. The Balaban J connectivity index is 1.75. The van der Waals surface area contributed by atoms with Crippen molar-refractivity contribution in [2.75, 3.05) is 11.9 Å². The van der Waals surface area contributed by atoms with Crippen LogP contribution in [0.25, 0.3) is 11.0 Å². The number of hydrogen-bond acceptors (Lipinski definition) is 3. The predicted octanol–water partition coefficient (Wildman–Crippen LogP) is 2.24. The number of hydrogen-bond donors (Lipinski definition) is 0. The van der Waals surface area contributed by atoms with Gasteiger partial charge in [0.25, 0.3) is 17.1 Å². The van der Waals surface area contributed by atoms with E-state index in [9.17, 15) is 9.59 Å². The fraction of sp³-hybridized carbons (Fsp3) is 0.150. The Morgan fingerprint density at radius 3 is 2.69 bits per heavy atom. The van der Waals surface area contributed by atoms with Gasteiger partial charge in [-0.1, -0.05) is 36.3 Å². The lowest BCUT2D eigenvalue weighted by Crippen LogP contribution is -2.34. The van der Waals surface area contributed by atoms with Crippen molar-refractivity contribution < 1.29 is 9.18 Å². The monoisotopic (exact) mass is 347 g/mol. The van der Waals surface area contributed by atoms with Crippen LogP contribution in [0, 0.1) is 11.8 Å². The molecule has 1 aliphatic rings. The van der Waals surface area contributed by atoms with Crippen molar-refractivity contribution >= 4 is 22.6 Å². The van der Waals surface area contributed by atoms with Gasteiger partial charge < -0.3 is 4.90 Å². The number of benzene rings is 2. The maximum absolute atomic E-state index is 15.4. The highest BCUT2D eigenvalue weighted by molar-refractivity contribution is 6.08. The maximum Gasteiger partial charge on any atom is 0.281 e. The van der Waals surface area contributed by atoms with E-state index in [0.29, 0.717) is 16.7 Å². The first kappa shape index (κ1) is 16.0. The fourth-order valence-electron chi connectivity index (χ4n) is 3.15. The first-order valence-corrected chi connectivity index (χ1v) is 8.03. The molecule has 0 saturated carbocycles. The van der Waals surface area contributed by atoms with Gasteiger partial charge >= 0.3 is 0 Å². The summed E-state index contributed by atoms with van der Waals surface area (Å²) in [7, 11) is 1.52. The lowest BCUT2D eigenvalue weighted by Gasteiger charge is -2.12. The van der Waals surface area contributed by atoms with Gasteiger partial charge in [-0.05, 0) is 24.1 Å². The Labute approximate surface area is 148 Å². The summed E-state index contributed by atoms with van der Waals surface area (Å²) in [4.78, 5) is 29.8. The molecule has 1 aromatic heterocycles. The molecule has 1 atom stereocenters. The molecule has 128 valence electrons. The maximum atomic E-state index is 15.4. The van der Waals surface area contributed by atoms with E-state index in [1.54, 1.807) is 42.5 Å². The van der Waals surface area contributed by atoms with Crippen molar-refractivity contribution in [2.24, 2.45) is 0 Å². The number of carbonyl (C=O) groups excluding carboxylic acids is 1. The number of nitrogens with zero attached hydrogens (tertiary/aromatic N) is 3. The predicted molar refractivity (Wildman–Crippen MR) is 96.4 cm³/mol. The fourth-order valence-corrected chi connectivity index (χ4v) is 3.15. The first-order valence-electron chi connectivity index (χ1n) is 8.03. The zero-order valence-electron chi connectivity index (χ0n) is 13.9. The van der Waals surface area contributed by atoms with Gasteiger partial charge in [0.2, 0.25) is 0 Å². The second-order valence-corrected chi connectivity index (χ2v) is 6.01. The van der Waals surface area contributed by atoms with Crippen LogP contribution < -0.4 is 10.5 Å². The third-order valence-corrected chi connectivity index (χ3v) is 4.49. The van der Waals surface area contributed by atoms with Crippen molar-refractivity contribution in [3.63, 3.8) is 0 Å². The van der Waals surface area contributed by atoms with Crippen LogP contribution in [0.1, 0.15) is 5.56 Å². The highest BCUT2D eigenvalue weighted by Crippen LogP contribution is 2.41. The van der Waals surface area contributed by atoms with Gasteiger partial charge in [0.15, 0.2) is 0 Å². The number of likely N-dealkylation sites (N-methyl/N-ethyl adjacent to an activating group) is 1. The lowest BCUT2D eigenvalue weighted by molar-refractivity contribution is -0.125.